The lowest BCUT2D eigenvalue weighted by molar-refractivity contribution is 0.846. The summed E-state index contributed by atoms with van der Waals surface area (Å²) in [5.74, 6) is 0.676. The summed E-state index contributed by atoms with van der Waals surface area (Å²) >= 11 is 3.28. The van der Waals surface area contributed by atoms with Crippen molar-refractivity contribution in [1.29, 1.82) is 0 Å². The molecule has 0 aliphatic heterocycles. The first kappa shape index (κ1) is 13.0. The SMILES string of the molecule is C=C(/N=C(/c1nccs1)c1sccc1C)NCC. The fourth-order valence-corrected chi connectivity index (χ4v) is 3.14. The molecule has 1 N–H and O–H groups in total. The molecule has 18 heavy (non-hydrogen) atoms. The average Bonchev–Trinajstić information content (AvgIpc) is 2.97. The van der Waals surface area contributed by atoms with E-state index in [1.54, 1.807) is 28.9 Å². The molecule has 0 spiro atoms. The van der Waals surface area contributed by atoms with Crippen molar-refractivity contribution < 1.29 is 0 Å². The third kappa shape index (κ3) is 2.86. The number of hydrogen-bond donors (Lipinski definition) is 1. The molecule has 0 radical (unpaired) electrons. The molecular weight excluding hydrogens is 262 g/mol. The zero-order chi connectivity index (χ0) is 13.0. The number of nitrogens with zero attached hydrogens (tertiary/aromatic N) is 2. The number of thiazole rings is 1. The van der Waals surface area contributed by atoms with E-state index in [-0.39, 0.29) is 0 Å². The molecule has 0 unspecified atom stereocenters. The van der Waals surface area contributed by atoms with E-state index < -0.39 is 0 Å². The second-order valence-corrected chi connectivity index (χ2v) is 5.52. The quantitative estimate of drug-likeness (QED) is 0.850. The Bertz CT molecular complexity index is 553. The first-order valence-electron chi connectivity index (χ1n) is 5.68. The highest BCUT2D eigenvalue weighted by Crippen LogP contribution is 2.22. The van der Waals surface area contributed by atoms with Crippen LogP contribution in [-0.4, -0.2) is 17.2 Å². The van der Waals surface area contributed by atoms with E-state index >= 15 is 0 Å². The summed E-state index contributed by atoms with van der Waals surface area (Å²) in [7, 11) is 0. The highest BCUT2D eigenvalue weighted by atomic mass is 32.1. The second-order valence-electron chi connectivity index (χ2n) is 3.71. The molecular formula is C13H15N3S2. The highest BCUT2D eigenvalue weighted by Gasteiger charge is 2.14. The molecule has 0 saturated heterocycles. The van der Waals surface area contributed by atoms with Crippen molar-refractivity contribution in [2.75, 3.05) is 6.54 Å². The maximum atomic E-state index is 4.58. The van der Waals surface area contributed by atoms with E-state index in [0.29, 0.717) is 5.82 Å². The topological polar surface area (TPSA) is 37.3 Å². The van der Waals surface area contributed by atoms with Gasteiger partial charge in [0.15, 0.2) is 0 Å². The zero-order valence-electron chi connectivity index (χ0n) is 10.4. The van der Waals surface area contributed by atoms with Gasteiger partial charge in [-0.05, 0) is 30.9 Å². The Morgan fingerprint density at radius 3 is 2.83 bits per heavy atom. The van der Waals surface area contributed by atoms with Crippen molar-refractivity contribution in [3.05, 3.63) is 50.9 Å². The minimum Gasteiger partial charge on any atom is -0.371 e. The van der Waals surface area contributed by atoms with E-state index in [4.69, 9.17) is 0 Å². The maximum Gasteiger partial charge on any atom is 0.143 e. The summed E-state index contributed by atoms with van der Waals surface area (Å²) in [5, 5.41) is 8.08. The molecule has 2 rings (SSSR count). The van der Waals surface area contributed by atoms with E-state index in [2.05, 4.69) is 40.2 Å². The van der Waals surface area contributed by atoms with Crippen molar-refractivity contribution in [1.82, 2.24) is 10.3 Å². The van der Waals surface area contributed by atoms with Gasteiger partial charge in [0, 0.05) is 18.1 Å². The van der Waals surface area contributed by atoms with Crippen LogP contribution in [0.2, 0.25) is 0 Å². The van der Waals surface area contributed by atoms with Gasteiger partial charge in [-0.25, -0.2) is 9.98 Å². The van der Waals surface area contributed by atoms with Crippen LogP contribution >= 0.6 is 22.7 Å². The Morgan fingerprint density at radius 2 is 2.28 bits per heavy atom. The fraction of sp³-hybridized carbons (Fsp3) is 0.231. The van der Waals surface area contributed by atoms with Gasteiger partial charge in [0.1, 0.15) is 16.5 Å². The molecule has 2 heterocycles. The van der Waals surface area contributed by atoms with E-state index in [1.165, 1.54) is 5.56 Å². The number of nitrogens with one attached hydrogen (secondary N) is 1. The van der Waals surface area contributed by atoms with Crippen LogP contribution < -0.4 is 5.32 Å². The smallest absolute Gasteiger partial charge is 0.143 e. The number of rotatable bonds is 5. The standard InChI is InChI=1S/C13H15N3S2/c1-4-14-10(3)16-11(13-15-6-8-18-13)12-9(2)5-7-17-12/h5-8,14H,3-4H2,1-2H3/b16-11+. The average molecular weight is 277 g/mol. The van der Waals surface area contributed by atoms with Crippen molar-refractivity contribution in [2.24, 2.45) is 4.99 Å². The molecule has 2 aromatic heterocycles. The minimum atomic E-state index is 0.676. The summed E-state index contributed by atoms with van der Waals surface area (Å²) in [4.78, 5) is 10.1. The molecule has 94 valence electrons. The summed E-state index contributed by atoms with van der Waals surface area (Å²) in [6.45, 7) is 8.85. The van der Waals surface area contributed by atoms with Crippen LogP contribution in [0.25, 0.3) is 0 Å². The number of hydrogen-bond acceptors (Lipinski definition) is 5. The lowest BCUT2D eigenvalue weighted by Gasteiger charge is -2.06. The molecule has 0 amide bonds. The van der Waals surface area contributed by atoms with Crippen molar-refractivity contribution in [3.63, 3.8) is 0 Å². The van der Waals surface area contributed by atoms with Gasteiger partial charge >= 0.3 is 0 Å². The van der Waals surface area contributed by atoms with Gasteiger partial charge in [-0.2, -0.15) is 0 Å². The number of aryl methyl sites for hydroxylation is 1. The number of thiophene rings is 1. The predicted octanol–water partition coefficient (Wildman–Crippen LogP) is 3.43. The van der Waals surface area contributed by atoms with Gasteiger partial charge < -0.3 is 5.32 Å². The van der Waals surface area contributed by atoms with Gasteiger partial charge in [-0.1, -0.05) is 6.58 Å². The first-order chi connectivity index (χ1) is 8.72. The van der Waals surface area contributed by atoms with Crippen LogP contribution in [0.5, 0.6) is 0 Å². The van der Waals surface area contributed by atoms with E-state index in [1.807, 2.05) is 12.3 Å². The predicted molar refractivity (Wildman–Crippen MR) is 79.6 cm³/mol. The van der Waals surface area contributed by atoms with Gasteiger partial charge in [0.2, 0.25) is 0 Å². The Kier molecular flexibility index (Phi) is 4.28. The first-order valence-corrected chi connectivity index (χ1v) is 7.44. The van der Waals surface area contributed by atoms with E-state index in [9.17, 15) is 0 Å². The lowest BCUT2D eigenvalue weighted by Crippen LogP contribution is -2.12. The zero-order valence-corrected chi connectivity index (χ0v) is 12.1. The lowest BCUT2D eigenvalue weighted by atomic mass is 10.2. The molecule has 0 bridgehead atoms. The van der Waals surface area contributed by atoms with Crippen molar-refractivity contribution in [3.8, 4) is 0 Å². The fourth-order valence-electron chi connectivity index (χ4n) is 1.53. The number of aliphatic imine (C=N–C) groups is 1. The van der Waals surface area contributed by atoms with Gasteiger partial charge in [-0.15, -0.1) is 22.7 Å². The molecule has 0 aliphatic carbocycles. The molecule has 0 fully saturated rings. The van der Waals surface area contributed by atoms with Crippen molar-refractivity contribution in [2.45, 2.75) is 13.8 Å². The summed E-state index contributed by atoms with van der Waals surface area (Å²) in [5.41, 5.74) is 2.13. The Morgan fingerprint density at radius 1 is 1.44 bits per heavy atom. The summed E-state index contributed by atoms with van der Waals surface area (Å²) in [6, 6.07) is 2.10. The van der Waals surface area contributed by atoms with Crippen LogP contribution in [0.1, 0.15) is 22.4 Å². The molecule has 3 nitrogen and oxygen atoms in total. The largest absolute Gasteiger partial charge is 0.371 e. The molecule has 5 heteroatoms. The van der Waals surface area contributed by atoms with Crippen LogP contribution in [0.3, 0.4) is 0 Å². The molecule has 0 saturated carbocycles. The van der Waals surface area contributed by atoms with Crippen LogP contribution in [0.4, 0.5) is 0 Å². The Hall–Kier alpha value is -1.46. The molecule has 0 aromatic carbocycles. The van der Waals surface area contributed by atoms with Gasteiger partial charge in [0.05, 0.1) is 4.88 Å². The maximum absolute atomic E-state index is 4.58. The van der Waals surface area contributed by atoms with E-state index in [0.717, 1.165) is 22.1 Å². The van der Waals surface area contributed by atoms with Gasteiger partial charge in [-0.3, -0.25) is 0 Å². The summed E-state index contributed by atoms with van der Waals surface area (Å²) in [6.07, 6.45) is 1.80. The summed E-state index contributed by atoms with van der Waals surface area (Å²) < 4.78 is 0. The third-order valence-electron chi connectivity index (χ3n) is 2.34. The number of aromatic nitrogens is 1. The van der Waals surface area contributed by atoms with Crippen LogP contribution in [-0.2, 0) is 0 Å². The van der Waals surface area contributed by atoms with Crippen LogP contribution in [0.15, 0.2) is 40.4 Å². The molecule has 0 atom stereocenters. The highest BCUT2D eigenvalue weighted by molar-refractivity contribution is 7.15. The Balaban J connectivity index is 2.42. The monoisotopic (exact) mass is 277 g/mol. The molecule has 2 aromatic rings. The minimum absolute atomic E-state index is 0.676. The molecule has 0 aliphatic rings. The Labute approximate surface area is 115 Å². The van der Waals surface area contributed by atoms with Gasteiger partial charge in [0.25, 0.3) is 0 Å². The normalized spacial score (nSPS) is 11.6. The van der Waals surface area contributed by atoms with Crippen LogP contribution in [0, 0.1) is 6.92 Å². The van der Waals surface area contributed by atoms with Crippen molar-refractivity contribution >= 4 is 28.4 Å². The third-order valence-corrected chi connectivity index (χ3v) is 4.14. The second kappa shape index (κ2) is 5.93.